The molecule has 2 aliphatic heterocycles. The lowest BCUT2D eigenvalue weighted by Gasteiger charge is -2.34. The smallest absolute Gasteiger partial charge is 0.246 e. The Labute approximate surface area is 179 Å². The Hall–Kier alpha value is -2.10. The molecule has 9 heteroatoms. The fraction of sp³-hybridized carbons (Fsp3) is 0.619. The highest BCUT2D eigenvalue weighted by molar-refractivity contribution is 7.13. The maximum atomic E-state index is 12.7. The second kappa shape index (κ2) is 7.55. The quantitative estimate of drug-likeness (QED) is 0.562. The maximum Gasteiger partial charge on any atom is 0.246 e. The van der Waals surface area contributed by atoms with Crippen molar-refractivity contribution in [2.45, 2.75) is 39.0 Å². The molecule has 4 aliphatic rings. The Morgan fingerprint density at radius 3 is 2.43 bits per heavy atom. The number of likely N-dealkylation sites (tertiary alicyclic amines) is 1. The van der Waals surface area contributed by atoms with E-state index >= 15 is 0 Å². The summed E-state index contributed by atoms with van der Waals surface area (Å²) < 4.78 is 5.76. The Morgan fingerprint density at radius 1 is 1.17 bits per heavy atom. The maximum absolute atomic E-state index is 12.7. The molecule has 0 aromatic carbocycles. The minimum absolute atomic E-state index is 0.150. The number of nitrogens with one attached hydrogen (secondary N) is 1. The van der Waals surface area contributed by atoms with Gasteiger partial charge in [-0.25, -0.2) is 4.98 Å². The van der Waals surface area contributed by atoms with E-state index in [4.69, 9.17) is 4.74 Å². The van der Waals surface area contributed by atoms with E-state index < -0.39 is 0 Å². The van der Waals surface area contributed by atoms with Gasteiger partial charge in [0.25, 0.3) is 0 Å². The van der Waals surface area contributed by atoms with Crippen molar-refractivity contribution in [3.05, 3.63) is 23.2 Å². The number of amides is 3. The molecule has 30 heavy (non-hydrogen) atoms. The van der Waals surface area contributed by atoms with Crippen molar-refractivity contribution in [2.24, 2.45) is 23.7 Å². The van der Waals surface area contributed by atoms with E-state index in [1.807, 2.05) is 17.5 Å². The molecule has 3 fully saturated rings. The highest BCUT2D eigenvalue weighted by atomic mass is 32.1. The Balaban J connectivity index is 1.17. The molecule has 1 saturated carbocycles. The normalized spacial score (nSPS) is 35.3. The Bertz CT molecular complexity index is 875. The van der Waals surface area contributed by atoms with Crippen molar-refractivity contribution >= 4 is 34.2 Å². The number of morpholine rings is 1. The molecule has 2 bridgehead atoms. The zero-order valence-electron chi connectivity index (χ0n) is 17.1. The SMILES string of the molecule is CC1CN(Cc2csc(NC(=O)CN3C(=O)C4C5C=CC(C5)C4C3=O)n2)CC(C)O1. The van der Waals surface area contributed by atoms with Crippen LogP contribution in [0.2, 0.25) is 0 Å². The standard InChI is InChI=1S/C21H26N4O4S/c1-11-6-24(7-12(2)29-11)8-15-10-30-21(22-15)23-16(26)9-25-19(27)17-13-3-4-14(5-13)18(17)20(25)28/h3-4,10-14,17-18H,5-9H2,1-2H3,(H,22,23,26). The van der Waals surface area contributed by atoms with Crippen LogP contribution in [0.4, 0.5) is 5.13 Å². The highest BCUT2D eigenvalue weighted by Gasteiger charge is 2.59. The fourth-order valence-electron chi connectivity index (χ4n) is 5.50. The topological polar surface area (TPSA) is 91.8 Å². The number of allylic oxidation sites excluding steroid dienone is 2. The van der Waals surface area contributed by atoms with Crippen LogP contribution < -0.4 is 5.32 Å². The molecule has 6 unspecified atom stereocenters. The summed E-state index contributed by atoms with van der Waals surface area (Å²) in [6, 6.07) is 0. The Morgan fingerprint density at radius 2 is 1.80 bits per heavy atom. The van der Waals surface area contributed by atoms with E-state index in [1.54, 1.807) is 0 Å². The third kappa shape index (κ3) is 3.48. The van der Waals surface area contributed by atoms with Gasteiger partial charge in [0, 0.05) is 25.0 Å². The summed E-state index contributed by atoms with van der Waals surface area (Å²) >= 11 is 1.36. The summed E-state index contributed by atoms with van der Waals surface area (Å²) in [6.07, 6.45) is 5.36. The number of thiazole rings is 1. The number of aromatic nitrogens is 1. The van der Waals surface area contributed by atoms with Gasteiger partial charge in [0.15, 0.2) is 5.13 Å². The molecular weight excluding hydrogens is 404 g/mol. The summed E-state index contributed by atoms with van der Waals surface area (Å²) in [4.78, 5) is 45.9. The molecule has 5 rings (SSSR count). The summed E-state index contributed by atoms with van der Waals surface area (Å²) in [7, 11) is 0. The van der Waals surface area contributed by atoms with Gasteiger partial charge in [-0.3, -0.25) is 24.2 Å². The number of carbonyl (C=O) groups excluding carboxylic acids is 3. The molecule has 1 aromatic rings. The predicted octanol–water partition coefficient (Wildman–Crippen LogP) is 1.50. The van der Waals surface area contributed by atoms with Crippen LogP contribution in [0.25, 0.3) is 0 Å². The molecule has 1 N–H and O–H groups in total. The van der Waals surface area contributed by atoms with Gasteiger partial charge in [-0.1, -0.05) is 12.2 Å². The van der Waals surface area contributed by atoms with Gasteiger partial charge < -0.3 is 10.1 Å². The highest BCUT2D eigenvalue weighted by Crippen LogP contribution is 2.52. The number of ether oxygens (including phenoxy) is 1. The van der Waals surface area contributed by atoms with Gasteiger partial charge >= 0.3 is 0 Å². The van der Waals surface area contributed by atoms with Crippen LogP contribution in [0.1, 0.15) is 26.0 Å². The van der Waals surface area contributed by atoms with E-state index in [-0.39, 0.29) is 60.1 Å². The van der Waals surface area contributed by atoms with Crippen molar-refractivity contribution < 1.29 is 19.1 Å². The van der Waals surface area contributed by atoms with Gasteiger partial charge in [-0.15, -0.1) is 11.3 Å². The minimum Gasteiger partial charge on any atom is -0.373 e. The monoisotopic (exact) mass is 430 g/mol. The number of hydrogen-bond acceptors (Lipinski definition) is 7. The Kier molecular flexibility index (Phi) is 4.99. The summed E-state index contributed by atoms with van der Waals surface area (Å²) in [6.45, 7) is 6.28. The van der Waals surface area contributed by atoms with E-state index in [0.29, 0.717) is 11.7 Å². The van der Waals surface area contributed by atoms with Crippen molar-refractivity contribution in [3.8, 4) is 0 Å². The second-order valence-corrected chi connectivity index (χ2v) is 9.76. The molecule has 3 amide bonds. The first-order valence-electron chi connectivity index (χ1n) is 10.5. The number of hydrogen-bond donors (Lipinski definition) is 1. The van der Waals surface area contributed by atoms with Crippen molar-refractivity contribution in [2.75, 3.05) is 25.0 Å². The van der Waals surface area contributed by atoms with Crippen LogP contribution in [-0.4, -0.2) is 64.3 Å². The van der Waals surface area contributed by atoms with E-state index in [1.165, 1.54) is 11.3 Å². The molecular formula is C21H26N4O4S. The largest absolute Gasteiger partial charge is 0.373 e. The molecule has 1 aromatic heterocycles. The predicted molar refractivity (Wildman–Crippen MR) is 110 cm³/mol. The molecule has 2 saturated heterocycles. The number of carbonyl (C=O) groups is 3. The first-order chi connectivity index (χ1) is 14.4. The first-order valence-corrected chi connectivity index (χ1v) is 11.4. The number of nitrogens with zero attached hydrogens (tertiary/aromatic N) is 3. The molecule has 0 radical (unpaired) electrons. The lowest BCUT2D eigenvalue weighted by atomic mass is 9.85. The third-order valence-corrected chi connectivity index (χ3v) is 7.35. The van der Waals surface area contributed by atoms with Crippen LogP contribution in [0.5, 0.6) is 0 Å². The molecule has 8 nitrogen and oxygen atoms in total. The van der Waals surface area contributed by atoms with Crippen LogP contribution >= 0.6 is 11.3 Å². The molecule has 0 spiro atoms. The number of imide groups is 1. The van der Waals surface area contributed by atoms with Gasteiger partial charge in [-0.05, 0) is 32.1 Å². The molecule has 6 atom stereocenters. The van der Waals surface area contributed by atoms with Gasteiger partial charge in [-0.2, -0.15) is 0 Å². The molecule has 2 aliphatic carbocycles. The van der Waals surface area contributed by atoms with E-state index in [9.17, 15) is 14.4 Å². The zero-order valence-corrected chi connectivity index (χ0v) is 17.9. The van der Waals surface area contributed by atoms with Gasteiger partial charge in [0.2, 0.25) is 17.7 Å². The van der Waals surface area contributed by atoms with Crippen LogP contribution in [0.15, 0.2) is 17.5 Å². The van der Waals surface area contributed by atoms with Crippen molar-refractivity contribution in [1.82, 2.24) is 14.8 Å². The molecule has 160 valence electrons. The van der Waals surface area contributed by atoms with Crippen LogP contribution in [-0.2, 0) is 25.7 Å². The van der Waals surface area contributed by atoms with Crippen molar-refractivity contribution in [1.29, 1.82) is 0 Å². The van der Waals surface area contributed by atoms with Crippen molar-refractivity contribution in [3.63, 3.8) is 0 Å². The second-order valence-electron chi connectivity index (χ2n) is 8.91. The minimum atomic E-state index is -0.383. The lowest BCUT2D eigenvalue weighted by molar-refractivity contribution is -0.143. The van der Waals surface area contributed by atoms with Gasteiger partial charge in [0.05, 0.1) is 29.7 Å². The lowest BCUT2D eigenvalue weighted by Crippen LogP contribution is -2.44. The van der Waals surface area contributed by atoms with E-state index in [2.05, 4.69) is 29.0 Å². The number of rotatable bonds is 5. The fourth-order valence-corrected chi connectivity index (χ4v) is 6.22. The average Bonchev–Trinajstić information content (AvgIpc) is 3.43. The summed E-state index contributed by atoms with van der Waals surface area (Å²) in [5.74, 6) is -1.03. The summed E-state index contributed by atoms with van der Waals surface area (Å²) in [5, 5.41) is 5.17. The number of anilines is 1. The van der Waals surface area contributed by atoms with E-state index in [0.717, 1.165) is 30.1 Å². The average molecular weight is 431 g/mol. The first kappa shape index (κ1) is 19.8. The molecule has 3 heterocycles. The third-order valence-electron chi connectivity index (χ3n) is 6.54. The van der Waals surface area contributed by atoms with Crippen LogP contribution in [0.3, 0.4) is 0 Å². The summed E-state index contributed by atoms with van der Waals surface area (Å²) in [5.41, 5.74) is 0.891. The zero-order chi connectivity index (χ0) is 21.0. The number of fused-ring (bicyclic) bond motifs is 5. The van der Waals surface area contributed by atoms with Crippen LogP contribution in [0, 0.1) is 23.7 Å². The van der Waals surface area contributed by atoms with Gasteiger partial charge in [0.1, 0.15) is 6.54 Å².